The summed E-state index contributed by atoms with van der Waals surface area (Å²) in [6.45, 7) is 7.42. The van der Waals surface area contributed by atoms with Crippen LogP contribution < -0.4 is 20.7 Å². The van der Waals surface area contributed by atoms with Gasteiger partial charge >= 0.3 is 12.1 Å². The highest BCUT2D eigenvalue weighted by molar-refractivity contribution is 6.45. The SMILES string of the molecule is CC(C)(C)c1cc(NC(=O)Nc2ccc(Oc3ccnc(NC(=O)ON4CCCC4)c3)c(Cl)c2Cl)n(-c2ccc(O)cc2)n1. The van der Waals surface area contributed by atoms with Gasteiger partial charge in [0.1, 0.15) is 33.9 Å². The Kier molecular flexibility index (Phi) is 9.14. The number of aromatic hydroxyl groups is 1. The lowest BCUT2D eigenvalue weighted by Gasteiger charge is -2.15. The van der Waals surface area contributed by atoms with Gasteiger partial charge in [0, 0.05) is 36.8 Å². The summed E-state index contributed by atoms with van der Waals surface area (Å²) >= 11 is 13.0. The van der Waals surface area contributed by atoms with Crippen molar-refractivity contribution in [3.05, 3.63) is 76.5 Å². The maximum absolute atomic E-state index is 13.1. The van der Waals surface area contributed by atoms with Crippen LogP contribution >= 0.6 is 23.2 Å². The number of amides is 3. The van der Waals surface area contributed by atoms with Crippen LogP contribution in [0.2, 0.25) is 10.0 Å². The van der Waals surface area contributed by atoms with Crippen LogP contribution in [0.3, 0.4) is 0 Å². The molecule has 1 saturated heterocycles. The molecule has 4 N–H and O–H groups in total. The fourth-order valence-electron chi connectivity index (χ4n) is 4.30. The van der Waals surface area contributed by atoms with E-state index in [2.05, 4.69) is 26.0 Å². The average molecular weight is 641 g/mol. The third-order valence-electron chi connectivity index (χ3n) is 6.58. The summed E-state index contributed by atoms with van der Waals surface area (Å²) in [5.41, 5.74) is 1.36. The molecule has 0 bridgehead atoms. The van der Waals surface area contributed by atoms with Crippen molar-refractivity contribution in [1.29, 1.82) is 0 Å². The van der Waals surface area contributed by atoms with E-state index in [0.717, 1.165) is 18.5 Å². The first-order valence-corrected chi connectivity index (χ1v) is 14.6. The molecule has 3 heterocycles. The third kappa shape index (κ3) is 7.51. The molecular formula is C30H31Cl2N7O5. The number of benzene rings is 2. The number of hydrogen-bond acceptors (Lipinski definition) is 8. The van der Waals surface area contributed by atoms with Gasteiger partial charge in [0.05, 0.1) is 22.1 Å². The monoisotopic (exact) mass is 639 g/mol. The van der Waals surface area contributed by atoms with Gasteiger partial charge in [-0.25, -0.2) is 19.3 Å². The van der Waals surface area contributed by atoms with Gasteiger partial charge in [-0.2, -0.15) is 5.10 Å². The summed E-state index contributed by atoms with van der Waals surface area (Å²) in [5, 5.41) is 24.2. The number of urea groups is 1. The number of ether oxygens (including phenoxy) is 1. The van der Waals surface area contributed by atoms with E-state index < -0.39 is 12.1 Å². The third-order valence-corrected chi connectivity index (χ3v) is 7.44. The number of halogens is 2. The van der Waals surface area contributed by atoms with Crippen molar-refractivity contribution in [2.75, 3.05) is 29.0 Å². The minimum Gasteiger partial charge on any atom is -0.508 e. The maximum Gasteiger partial charge on any atom is 0.431 e. The number of anilines is 3. The molecule has 1 fully saturated rings. The average Bonchev–Trinajstić information content (AvgIpc) is 3.64. The Morgan fingerprint density at radius 2 is 1.66 bits per heavy atom. The Morgan fingerprint density at radius 3 is 2.36 bits per heavy atom. The fourth-order valence-corrected chi connectivity index (χ4v) is 4.71. The summed E-state index contributed by atoms with van der Waals surface area (Å²) < 4.78 is 7.47. The molecule has 5 rings (SSSR count). The number of nitrogens with zero attached hydrogens (tertiary/aromatic N) is 4. The van der Waals surface area contributed by atoms with Gasteiger partial charge in [-0.1, -0.05) is 44.0 Å². The maximum atomic E-state index is 13.1. The molecule has 14 heteroatoms. The number of aromatic nitrogens is 3. The van der Waals surface area contributed by atoms with Crippen molar-refractivity contribution >= 4 is 52.6 Å². The summed E-state index contributed by atoms with van der Waals surface area (Å²) in [7, 11) is 0. The number of nitrogens with one attached hydrogen (secondary N) is 3. The molecule has 0 atom stereocenters. The van der Waals surface area contributed by atoms with Crippen molar-refractivity contribution in [2.24, 2.45) is 0 Å². The highest BCUT2D eigenvalue weighted by Gasteiger charge is 2.22. The molecule has 0 spiro atoms. The van der Waals surface area contributed by atoms with E-state index in [1.165, 1.54) is 24.4 Å². The topological polar surface area (TPSA) is 143 Å². The smallest absolute Gasteiger partial charge is 0.431 e. The molecule has 230 valence electrons. The van der Waals surface area contributed by atoms with Crippen LogP contribution in [0, 0.1) is 0 Å². The predicted octanol–water partition coefficient (Wildman–Crippen LogP) is 7.57. The van der Waals surface area contributed by atoms with Gasteiger partial charge in [-0.15, -0.1) is 5.06 Å². The second-order valence-corrected chi connectivity index (χ2v) is 11.8. The molecule has 0 saturated carbocycles. The van der Waals surface area contributed by atoms with E-state index in [0.29, 0.717) is 30.3 Å². The first-order valence-electron chi connectivity index (χ1n) is 13.8. The normalized spacial score (nSPS) is 13.4. The molecule has 1 aliphatic rings. The van der Waals surface area contributed by atoms with Crippen LogP contribution in [-0.2, 0) is 10.3 Å². The number of carbonyl (C=O) groups excluding carboxylic acids is 2. The molecule has 44 heavy (non-hydrogen) atoms. The Balaban J connectivity index is 1.27. The number of phenolic OH excluding ortho intramolecular Hbond substituents is 1. The fraction of sp³-hybridized carbons (Fsp3) is 0.267. The lowest BCUT2D eigenvalue weighted by atomic mass is 9.92. The number of carbonyl (C=O) groups is 2. The van der Waals surface area contributed by atoms with Gasteiger partial charge in [0.25, 0.3) is 0 Å². The molecule has 0 radical (unpaired) electrons. The van der Waals surface area contributed by atoms with E-state index in [-0.39, 0.29) is 38.5 Å². The Bertz CT molecular complexity index is 1670. The van der Waals surface area contributed by atoms with E-state index in [1.54, 1.807) is 46.1 Å². The number of phenols is 1. The minimum absolute atomic E-state index is 0.0586. The van der Waals surface area contributed by atoms with Crippen LogP contribution in [-0.4, -0.2) is 50.1 Å². The molecule has 1 aliphatic heterocycles. The van der Waals surface area contributed by atoms with E-state index in [4.69, 9.17) is 32.8 Å². The first-order chi connectivity index (χ1) is 21.0. The molecule has 2 aromatic heterocycles. The van der Waals surface area contributed by atoms with Gasteiger partial charge in [-0.05, 0) is 55.3 Å². The van der Waals surface area contributed by atoms with Crippen LogP contribution in [0.5, 0.6) is 17.2 Å². The molecule has 2 aromatic carbocycles. The van der Waals surface area contributed by atoms with E-state index >= 15 is 0 Å². The zero-order valence-electron chi connectivity index (χ0n) is 24.2. The lowest BCUT2D eigenvalue weighted by molar-refractivity contribution is -0.0739. The van der Waals surface area contributed by atoms with Crippen LogP contribution in [0.4, 0.5) is 26.9 Å². The molecular weight excluding hydrogens is 609 g/mol. The van der Waals surface area contributed by atoms with Crippen molar-refractivity contribution in [2.45, 2.75) is 39.0 Å². The summed E-state index contributed by atoms with van der Waals surface area (Å²) in [6.07, 6.45) is 2.77. The summed E-state index contributed by atoms with van der Waals surface area (Å²) in [6, 6.07) is 13.9. The first kappa shape index (κ1) is 30.9. The van der Waals surface area contributed by atoms with Crippen LogP contribution in [0.15, 0.2) is 60.8 Å². The molecule has 4 aromatic rings. The standard InChI is InChI=1S/C30H31Cl2N7O5/c1-30(2,3)23-17-25(39(37-23)18-6-8-19(40)9-7-18)36-28(41)34-21-10-11-22(27(32)26(21)31)43-20-12-13-33-24(16-20)35-29(42)44-38-14-4-5-15-38/h6-13,16-17,40H,4-5,14-15H2,1-3H3,(H,33,35,42)(H2,34,36,41). The molecule has 12 nitrogen and oxygen atoms in total. The quantitative estimate of drug-likeness (QED) is 0.162. The largest absolute Gasteiger partial charge is 0.508 e. The van der Waals surface area contributed by atoms with Crippen molar-refractivity contribution in [1.82, 2.24) is 19.8 Å². The predicted molar refractivity (Wildman–Crippen MR) is 168 cm³/mol. The Hall–Kier alpha value is -4.52. The molecule has 3 amide bonds. The van der Waals surface area contributed by atoms with Gasteiger partial charge < -0.3 is 20.0 Å². The van der Waals surface area contributed by atoms with Crippen molar-refractivity contribution < 1.29 is 24.3 Å². The summed E-state index contributed by atoms with van der Waals surface area (Å²) in [4.78, 5) is 34.6. The highest BCUT2D eigenvalue weighted by atomic mass is 35.5. The molecule has 0 unspecified atom stereocenters. The minimum atomic E-state index is -0.646. The van der Waals surface area contributed by atoms with Gasteiger partial charge in [-0.3, -0.25) is 10.6 Å². The summed E-state index contributed by atoms with van der Waals surface area (Å²) in [5.74, 6) is 1.31. The van der Waals surface area contributed by atoms with Crippen LogP contribution in [0.1, 0.15) is 39.3 Å². The zero-order valence-corrected chi connectivity index (χ0v) is 25.7. The zero-order chi connectivity index (χ0) is 31.4. The Labute approximate surface area is 263 Å². The molecule has 0 aliphatic carbocycles. The van der Waals surface area contributed by atoms with Crippen molar-refractivity contribution in [3.63, 3.8) is 0 Å². The number of hydroxylamine groups is 2. The lowest BCUT2D eigenvalue weighted by Crippen LogP contribution is -2.27. The van der Waals surface area contributed by atoms with E-state index in [1.807, 2.05) is 20.8 Å². The second-order valence-electron chi connectivity index (χ2n) is 11.0. The number of rotatable bonds is 7. The van der Waals surface area contributed by atoms with Gasteiger partial charge in [0.15, 0.2) is 0 Å². The van der Waals surface area contributed by atoms with Crippen molar-refractivity contribution in [3.8, 4) is 22.9 Å². The van der Waals surface area contributed by atoms with E-state index in [9.17, 15) is 14.7 Å². The second kappa shape index (κ2) is 13.0. The Morgan fingerprint density at radius 1 is 0.932 bits per heavy atom. The van der Waals surface area contributed by atoms with Gasteiger partial charge in [0.2, 0.25) is 0 Å². The number of hydrogen-bond donors (Lipinski definition) is 4. The highest BCUT2D eigenvalue weighted by Crippen LogP contribution is 2.40. The number of pyridine rings is 1. The van der Waals surface area contributed by atoms with Crippen LogP contribution in [0.25, 0.3) is 5.69 Å².